The minimum atomic E-state index is -0.408. The summed E-state index contributed by atoms with van der Waals surface area (Å²) in [4.78, 5) is 31.3. The number of hydrogen-bond donors (Lipinski definition) is 1. The van der Waals surface area contributed by atoms with Crippen molar-refractivity contribution in [2.24, 2.45) is 45.4 Å². The van der Waals surface area contributed by atoms with Crippen LogP contribution in [0.4, 0.5) is 0 Å². The second-order valence-corrected chi connectivity index (χ2v) is 11.1. The molecule has 0 aromatic carbocycles. The van der Waals surface area contributed by atoms with E-state index < -0.39 is 5.54 Å². The van der Waals surface area contributed by atoms with Crippen LogP contribution in [0.3, 0.4) is 0 Å². The molecule has 4 saturated carbocycles. The number of nitrogens with zero attached hydrogens (tertiary/aromatic N) is 1. The van der Waals surface area contributed by atoms with E-state index in [4.69, 9.17) is 10.6 Å². The van der Waals surface area contributed by atoms with Gasteiger partial charge in [0, 0.05) is 29.7 Å². The van der Waals surface area contributed by atoms with Crippen molar-refractivity contribution in [3.63, 3.8) is 0 Å². The van der Waals surface area contributed by atoms with Gasteiger partial charge in [-0.05, 0) is 75.5 Å². The van der Waals surface area contributed by atoms with Gasteiger partial charge in [0.05, 0.1) is 5.71 Å². The minimum absolute atomic E-state index is 0.0408. The van der Waals surface area contributed by atoms with Crippen molar-refractivity contribution < 1.29 is 14.4 Å². The zero-order valence-electron chi connectivity index (χ0n) is 17.9. The summed E-state index contributed by atoms with van der Waals surface area (Å²) in [6, 6.07) is 0. The van der Waals surface area contributed by atoms with Crippen molar-refractivity contribution in [2.45, 2.75) is 84.6 Å². The molecule has 0 spiro atoms. The summed E-state index contributed by atoms with van der Waals surface area (Å²) in [5.74, 6) is 2.24. The Kier molecular flexibility index (Phi) is 4.76. The molecule has 0 amide bonds. The maximum absolute atomic E-state index is 13.2. The van der Waals surface area contributed by atoms with Crippen molar-refractivity contribution in [2.75, 3.05) is 6.61 Å². The van der Waals surface area contributed by atoms with E-state index in [0.29, 0.717) is 48.8 Å². The number of carbonyl (C=O) groups is 2. The third kappa shape index (κ3) is 3.14. The van der Waals surface area contributed by atoms with E-state index in [2.05, 4.69) is 19.0 Å². The second-order valence-electron chi connectivity index (χ2n) is 11.1. The molecule has 4 aliphatic carbocycles. The smallest absolute Gasteiger partial charge is 0.139 e. The Morgan fingerprint density at radius 3 is 2.57 bits per heavy atom. The van der Waals surface area contributed by atoms with Gasteiger partial charge in [-0.1, -0.05) is 19.0 Å². The van der Waals surface area contributed by atoms with Crippen molar-refractivity contribution in [3.8, 4) is 0 Å². The van der Waals surface area contributed by atoms with Crippen LogP contribution >= 0.6 is 0 Å². The maximum Gasteiger partial charge on any atom is 0.139 e. The molecule has 0 aromatic rings. The Balaban J connectivity index is 1.52. The average molecular weight is 389 g/mol. The molecule has 0 unspecified atom stereocenters. The van der Waals surface area contributed by atoms with Gasteiger partial charge < -0.3 is 10.6 Å². The molecule has 156 valence electrons. The summed E-state index contributed by atoms with van der Waals surface area (Å²) in [6.45, 7) is 8.73. The predicted molar refractivity (Wildman–Crippen MR) is 109 cm³/mol. The highest BCUT2D eigenvalue weighted by Crippen LogP contribution is 2.64. The highest BCUT2D eigenvalue weighted by molar-refractivity contribution is 5.93. The first kappa shape index (κ1) is 20.1. The molecule has 4 fully saturated rings. The molecular weight excluding hydrogens is 352 g/mol. The van der Waals surface area contributed by atoms with E-state index in [-0.39, 0.29) is 16.7 Å². The van der Waals surface area contributed by atoms with Gasteiger partial charge in [-0.15, -0.1) is 0 Å². The molecule has 5 heteroatoms. The highest BCUT2D eigenvalue weighted by atomic mass is 16.6. The van der Waals surface area contributed by atoms with Gasteiger partial charge in [0.15, 0.2) is 0 Å². The Labute approximate surface area is 168 Å². The molecule has 0 bridgehead atoms. The van der Waals surface area contributed by atoms with Crippen LogP contribution in [0.5, 0.6) is 0 Å². The molecule has 4 aliphatic rings. The van der Waals surface area contributed by atoms with Crippen LogP contribution in [0.2, 0.25) is 0 Å². The second kappa shape index (κ2) is 6.65. The predicted octanol–water partition coefficient (Wildman–Crippen LogP) is 3.89. The Bertz CT molecular complexity index is 709. The third-order valence-corrected chi connectivity index (χ3v) is 8.64. The number of ketones is 2. The molecule has 0 saturated heterocycles. The number of fused-ring (bicyclic) bond motifs is 5. The molecule has 0 aliphatic heterocycles. The fourth-order valence-corrected chi connectivity index (χ4v) is 6.99. The van der Waals surface area contributed by atoms with Crippen molar-refractivity contribution in [1.82, 2.24) is 0 Å². The van der Waals surface area contributed by atoms with Gasteiger partial charge in [-0.3, -0.25) is 9.59 Å². The first-order valence-electron chi connectivity index (χ1n) is 11.1. The van der Waals surface area contributed by atoms with Crippen LogP contribution in [0.15, 0.2) is 5.16 Å². The molecule has 2 N–H and O–H groups in total. The van der Waals surface area contributed by atoms with Gasteiger partial charge in [0.2, 0.25) is 0 Å². The molecule has 0 aromatic heterocycles. The van der Waals surface area contributed by atoms with E-state index in [1.807, 2.05) is 13.8 Å². The normalized spacial score (nSPS) is 44.8. The molecule has 6 atom stereocenters. The van der Waals surface area contributed by atoms with Crippen LogP contribution < -0.4 is 5.73 Å². The number of oxime groups is 1. The maximum atomic E-state index is 13.2. The molecule has 0 radical (unpaired) electrons. The van der Waals surface area contributed by atoms with Crippen LogP contribution in [0.25, 0.3) is 0 Å². The first-order valence-corrected chi connectivity index (χ1v) is 11.1. The van der Waals surface area contributed by atoms with Crippen LogP contribution in [-0.2, 0) is 14.4 Å². The lowest BCUT2D eigenvalue weighted by Gasteiger charge is -2.58. The highest BCUT2D eigenvalue weighted by Gasteiger charge is 2.62. The zero-order valence-corrected chi connectivity index (χ0v) is 17.9. The number of carbonyl (C=O) groups excluding carboxylic acids is 2. The topological polar surface area (TPSA) is 81.8 Å². The van der Waals surface area contributed by atoms with Gasteiger partial charge in [0.1, 0.15) is 18.2 Å². The van der Waals surface area contributed by atoms with E-state index >= 15 is 0 Å². The lowest BCUT2D eigenvalue weighted by atomic mass is 9.45. The lowest BCUT2D eigenvalue weighted by Crippen LogP contribution is -2.56. The lowest BCUT2D eigenvalue weighted by molar-refractivity contribution is -0.152. The van der Waals surface area contributed by atoms with Crippen molar-refractivity contribution in [1.29, 1.82) is 0 Å². The summed E-state index contributed by atoms with van der Waals surface area (Å²) in [7, 11) is 0. The standard InChI is InChI=1S/C23H36N2O3/c1-21(2,24)13-28-25-14-7-9-22(3)17-8-10-23(4)16(5-6-20(23)27)15(17)12-19(26)18(22)11-14/h15-18H,5-13,24H2,1-4H3/b25-14-/t15-,16-,17-,18+,22+,23-/m0/s1. The van der Waals surface area contributed by atoms with E-state index in [1.165, 1.54) is 0 Å². The van der Waals surface area contributed by atoms with Crippen molar-refractivity contribution >= 4 is 17.3 Å². The van der Waals surface area contributed by atoms with E-state index in [0.717, 1.165) is 44.2 Å². The molecular formula is C23H36N2O3. The summed E-state index contributed by atoms with van der Waals surface area (Å²) in [5.41, 5.74) is 6.43. The van der Waals surface area contributed by atoms with Gasteiger partial charge >= 0.3 is 0 Å². The first-order chi connectivity index (χ1) is 13.0. The summed E-state index contributed by atoms with van der Waals surface area (Å²) >= 11 is 0. The minimum Gasteiger partial charge on any atom is -0.394 e. The fraction of sp³-hybridized carbons (Fsp3) is 0.870. The van der Waals surface area contributed by atoms with Gasteiger partial charge in [-0.2, -0.15) is 0 Å². The zero-order chi connectivity index (χ0) is 20.3. The number of Topliss-reactive ketones (excluding diaryl/α,β-unsaturated/α-hetero) is 2. The molecule has 4 rings (SSSR count). The van der Waals surface area contributed by atoms with E-state index in [9.17, 15) is 9.59 Å². The largest absolute Gasteiger partial charge is 0.394 e. The quantitative estimate of drug-likeness (QED) is 0.744. The van der Waals surface area contributed by atoms with Crippen LogP contribution in [-0.4, -0.2) is 29.4 Å². The summed E-state index contributed by atoms with van der Waals surface area (Å²) < 4.78 is 0. The average Bonchev–Trinajstić information content (AvgIpc) is 2.90. The number of hydrogen-bond acceptors (Lipinski definition) is 5. The summed E-state index contributed by atoms with van der Waals surface area (Å²) in [5, 5.41) is 4.34. The van der Waals surface area contributed by atoms with Crippen molar-refractivity contribution in [3.05, 3.63) is 0 Å². The Morgan fingerprint density at radius 2 is 1.86 bits per heavy atom. The summed E-state index contributed by atoms with van der Waals surface area (Å²) in [6.07, 6.45) is 7.07. The van der Waals surface area contributed by atoms with E-state index in [1.54, 1.807) is 0 Å². The number of rotatable bonds is 3. The molecule has 5 nitrogen and oxygen atoms in total. The molecule has 0 heterocycles. The number of nitrogens with two attached hydrogens (primary N) is 1. The molecule has 28 heavy (non-hydrogen) atoms. The Morgan fingerprint density at radius 1 is 1.11 bits per heavy atom. The SMILES string of the molecule is CC(C)(N)CO/N=C1/CC[C@@]2(C)[C@H](C1)C(=O)C[C@@H]1[C@@H]2CC[C@]2(C)C(=O)CC[C@@H]12. The van der Waals surface area contributed by atoms with Gasteiger partial charge in [0.25, 0.3) is 0 Å². The third-order valence-electron chi connectivity index (χ3n) is 8.64. The van der Waals surface area contributed by atoms with Crippen LogP contribution in [0, 0.1) is 34.5 Å². The van der Waals surface area contributed by atoms with Crippen LogP contribution in [0.1, 0.15) is 79.1 Å². The monoisotopic (exact) mass is 388 g/mol. The van der Waals surface area contributed by atoms with Gasteiger partial charge in [-0.25, -0.2) is 0 Å². The fourth-order valence-electron chi connectivity index (χ4n) is 6.99. The Hall–Kier alpha value is -1.23.